The molecular formula is C16H22N2O2S. The van der Waals surface area contributed by atoms with Crippen LogP contribution >= 0.6 is 11.3 Å². The van der Waals surface area contributed by atoms with Gasteiger partial charge in [0, 0.05) is 17.8 Å². The van der Waals surface area contributed by atoms with Crippen LogP contribution in [0, 0.1) is 0 Å². The van der Waals surface area contributed by atoms with E-state index >= 15 is 0 Å². The highest BCUT2D eigenvalue weighted by Gasteiger charge is 2.10. The number of aromatic nitrogens is 1. The first-order chi connectivity index (χ1) is 10.3. The Balaban J connectivity index is 1.94. The van der Waals surface area contributed by atoms with E-state index in [2.05, 4.69) is 11.9 Å². The highest BCUT2D eigenvalue weighted by Crippen LogP contribution is 2.26. The lowest BCUT2D eigenvalue weighted by molar-refractivity contribution is 0.297. The smallest absolute Gasteiger partial charge is 0.161 e. The molecule has 2 aromatic rings. The molecule has 0 amide bonds. The Kier molecular flexibility index (Phi) is 6.02. The summed E-state index contributed by atoms with van der Waals surface area (Å²) in [6, 6.07) is 7.67. The van der Waals surface area contributed by atoms with E-state index in [1.807, 2.05) is 24.3 Å². The third-order valence-electron chi connectivity index (χ3n) is 3.14. The maximum atomic E-state index is 5.79. The minimum atomic E-state index is 0.570. The van der Waals surface area contributed by atoms with Crippen molar-refractivity contribution in [1.82, 2.24) is 4.98 Å². The minimum Gasteiger partial charge on any atom is -0.493 e. The molecule has 21 heavy (non-hydrogen) atoms. The van der Waals surface area contributed by atoms with Gasteiger partial charge in [-0.3, -0.25) is 0 Å². The van der Waals surface area contributed by atoms with E-state index in [0.717, 1.165) is 41.5 Å². The zero-order chi connectivity index (χ0) is 15.1. The van der Waals surface area contributed by atoms with Gasteiger partial charge in [-0.2, -0.15) is 0 Å². The highest BCUT2D eigenvalue weighted by atomic mass is 32.1. The zero-order valence-corrected chi connectivity index (χ0v) is 13.4. The van der Waals surface area contributed by atoms with Crippen LogP contribution in [0.5, 0.6) is 11.5 Å². The molecule has 4 nitrogen and oxygen atoms in total. The molecule has 5 heteroatoms. The Labute approximate surface area is 129 Å². The van der Waals surface area contributed by atoms with Crippen molar-refractivity contribution in [2.24, 2.45) is 5.73 Å². The van der Waals surface area contributed by atoms with E-state index in [1.165, 1.54) is 4.88 Å². The molecule has 0 aliphatic rings. The van der Waals surface area contributed by atoms with Gasteiger partial charge in [-0.05, 0) is 18.6 Å². The fourth-order valence-corrected chi connectivity index (χ4v) is 3.10. The molecule has 0 unspecified atom stereocenters. The topological polar surface area (TPSA) is 57.4 Å². The van der Waals surface area contributed by atoms with Crippen LogP contribution in [-0.4, -0.2) is 18.7 Å². The molecule has 2 N–H and O–H groups in total. The number of para-hydroxylation sites is 2. The predicted molar refractivity (Wildman–Crippen MR) is 86.2 cm³/mol. The standard InChI is InChI=1S/C16H22N2O2S/c1-3-6-12-15(11-17)21-16(18-12)9-10-20-14-8-5-4-7-13(14)19-2/h4-5,7-8H,3,6,9-11,17H2,1-2H3. The third-order valence-corrected chi connectivity index (χ3v) is 4.32. The normalized spacial score (nSPS) is 10.6. The number of nitrogens with two attached hydrogens (primary N) is 1. The first kappa shape index (κ1) is 15.8. The number of rotatable bonds is 8. The predicted octanol–water partition coefficient (Wildman–Crippen LogP) is 3.18. The van der Waals surface area contributed by atoms with Crippen LogP contribution in [0.3, 0.4) is 0 Å². The molecule has 0 spiro atoms. The second-order valence-electron chi connectivity index (χ2n) is 4.68. The molecule has 0 bridgehead atoms. The van der Waals surface area contributed by atoms with Crippen LogP contribution in [0.15, 0.2) is 24.3 Å². The second kappa shape index (κ2) is 8.00. The number of nitrogens with zero attached hydrogens (tertiary/aromatic N) is 1. The Bertz CT molecular complexity index is 569. The lowest BCUT2D eigenvalue weighted by Gasteiger charge is -2.09. The lowest BCUT2D eigenvalue weighted by atomic mass is 10.2. The van der Waals surface area contributed by atoms with E-state index in [-0.39, 0.29) is 0 Å². The van der Waals surface area contributed by atoms with Crippen molar-refractivity contribution in [3.05, 3.63) is 39.8 Å². The first-order valence-corrected chi connectivity index (χ1v) is 8.03. The molecule has 0 saturated heterocycles. The third kappa shape index (κ3) is 4.19. The van der Waals surface area contributed by atoms with Crippen molar-refractivity contribution >= 4 is 11.3 Å². The molecule has 0 saturated carbocycles. The number of benzene rings is 1. The van der Waals surface area contributed by atoms with Crippen LogP contribution in [0.1, 0.15) is 28.9 Å². The van der Waals surface area contributed by atoms with Crippen LogP contribution in [0.2, 0.25) is 0 Å². The van der Waals surface area contributed by atoms with Crippen LogP contribution in [0.4, 0.5) is 0 Å². The summed E-state index contributed by atoms with van der Waals surface area (Å²) in [5.74, 6) is 1.52. The number of ether oxygens (including phenoxy) is 2. The fraction of sp³-hybridized carbons (Fsp3) is 0.438. The fourth-order valence-electron chi connectivity index (χ4n) is 2.12. The van der Waals surface area contributed by atoms with Crippen LogP contribution in [0.25, 0.3) is 0 Å². The van der Waals surface area contributed by atoms with E-state index in [9.17, 15) is 0 Å². The molecular weight excluding hydrogens is 284 g/mol. The van der Waals surface area contributed by atoms with E-state index in [4.69, 9.17) is 15.2 Å². The zero-order valence-electron chi connectivity index (χ0n) is 12.6. The highest BCUT2D eigenvalue weighted by molar-refractivity contribution is 7.11. The summed E-state index contributed by atoms with van der Waals surface area (Å²) < 4.78 is 11.1. The van der Waals surface area contributed by atoms with Crippen molar-refractivity contribution < 1.29 is 9.47 Å². The van der Waals surface area contributed by atoms with Gasteiger partial charge in [0.2, 0.25) is 0 Å². The molecule has 0 aliphatic heterocycles. The maximum absolute atomic E-state index is 5.79. The molecule has 1 aromatic carbocycles. The Morgan fingerprint density at radius 3 is 2.62 bits per heavy atom. The molecule has 1 heterocycles. The lowest BCUT2D eigenvalue weighted by Crippen LogP contribution is -2.02. The van der Waals surface area contributed by atoms with Gasteiger partial charge in [-0.15, -0.1) is 11.3 Å². The van der Waals surface area contributed by atoms with E-state index < -0.39 is 0 Å². The van der Waals surface area contributed by atoms with Gasteiger partial charge >= 0.3 is 0 Å². The summed E-state index contributed by atoms with van der Waals surface area (Å²) in [6.45, 7) is 3.31. The Hall–Kier alpha value is -1.59. The minimum absolute atomic E-state index is 0.570. The molecule has 2 rings (SSSR count). The summed E-state index contributed by atoms with van der Waals surface area (Å²) in [5.41, 5.74) is 6.92. The van der Waals surface area contributed by atoms with Crippen molar-refractivity contribution in [1.29, 1.82) is 0 Å². The SMILES string of the molecule is CCCc1nc(CCOc2ccccc2OC)sc1CN. The quantitative estimate of drug-likeness (QED) is 0.814. The summed E-state index contributed by atoms with van der Waals surface area (Å²) in [6.07, 6.45) is 2.88. The molecule has 0 radical (unpaired) electrons. The maximum Gasteiger partial charge on any atom is 0.161 e. The van der Waals surface area contributed by atoms with Crippen molar-refractivity contribution in [3.8, 4) is 11.5 Å². The van der Waals surface area contributed by atoms with Gasteiger partial charge < -0.3 is 15.2 Å². The Morgan fingerprint density at radius 2 is 1.95 bits per heavy atom. The van der Waals surface area contributed by atoms with E-state index in [1.54, 1.807) is 18.4 Å². The van der Waals surface area contributed by atoms with Gasteiger partial charge in [0.15, 0.2) is 11.5 Å². The average Bonchev–Trinajstić information content (AvgIpc) is 2.90. The number of hydrogen-bond donors (Lipinski definition) is 1. The van der Waals surface area contributed by atoms with Crippen LogP contribution in [-0.2, 0) is 19.4 Å². The van der Waals surface area contributed by atoms with Crippen LogP contribution < -0.4 is 15.2 Å². The molecule has 1 aromatic heterocycles. The first-order valence-electron chi connectivity index (χ1n) is 7.21. The summed E-state index contributed by atoms with van der Waals surface area (Å²) in [4.78, 5) is 5.87. The van der Waals surface area contributed by atoms with E-state index in [0.29, 0.717) is 13.2 Å². The largest absolute Gasteiger partial charge is 0.493 e. The summed E-state index contributed by atoms with van der Waals surface area (Å²) in [7, 11) is 1.65. The molecule has 114 valence electrons. The number of methoxy groups -OCH3 is 1. The molecule has 0 fully saturated rings. The van der Waals surface area contributed by atoms with Gasteiger partial charge in [-0.25, -0.2) is 4.98 Å². The van der Waals surface area contributed by atoms with Gasteiger partial charge in [-0.1, -0.05) is 25.5 Å². The summed E-state index contributed by atoms with van der Waals surface area (Å²) >= 11 is 1.70. The van der Waals surface area contributed by atoms with Crippen molar-refractivity contribution in [2.45, 2.75) is 32.7 Å². The monoisotopic (exact) mass is 306 g/mol. The van der Waals surface area contributed by atoms with Gasteiger partial charge in [0.1, 0.15) is 0 Å². The molecule has 0 atom stereocenters. The van der Waals surface area contributed by atoms with Gasteiger partial charge in [0.25, 0.3) is 0 Å². The molecule has 0 aliphatic carbocycles. The summed E-state index contributed by atoms with van der Waals surface area (Å²) in [5, 5.41) is 1.09. The van der Waals surface area contributed by atoms with Crippen molar-refractivity contribution in [2.75, 3.05) is 13.7 Å². The Morgan fingerprint density at radius 1 is 1.19 bits per heavy atom. The average molecular weight is 306 g/mol. The van der Waals surface area contributed by atoms with Gasteiger partial charge in [0.05, 0.1) is 24.4 Å². The van der Waals surface area contributed by atoms with Crippen molar-refractivity contribution in [3.63, 3.8) is 0 Å². The second-order valence-corrected chi connectivity index (χ2v) is 5.85. The number of hydrogen-bond acceptors (Lipinski definition) is 5. The number of aryl methyl sites for hydroxylation is 1. The number of thiazole rings is 1.